The summed E-state index contributed by atoms with van der Waals surface area (Å²) in [4.78, 5) is 25.2. The monoisotopic (exact) mass is 270 g/mol. The first-order valence-corrected chi connectivity index (χ1v) is 7.22. The maximum absolute atomic E-state index is 12.1. The highest BCUT2D eigenvalue weighted by Crippen LogP contribution is 2.17. The summed E-state index contributed by atoms with van der Waals surface area (Å²) in [6, 6.07) is 0. The van der Waals surface area contributed by atoms with Crippen LogP contribution in [0.5, 0.6) is 0 Å². The van der Waals surface area contributed by atoms with Crippen molar-refractivity contribution in [2.24, 2.45) is 11.8 Å². The maximum Gasteiger partial charge on any atom is 0.224 e. The predicted octanol–water partition coefficient (Wildman–Crippen LogP) is 0.770. The van der Waals surface area contributed by atoms with E-state index in [1.807, 2.05) is 0 Å². The molecule has 1 aliphatic heterocycles. The van der Waals surface area contributed by atoms with Gasteiger partial charge in [-0.25, -0.2) is 0 Å². The van der Waals surface area contributed by atoms with Crippen LogP contribution in [0.4, 0.5) is 0 Å². The van der Waals surface area contributed by atoms with E-state index in [-0.39, 0.29) is 24.3 Å². The molecule has 5 heteroatoms. The van der Waals surface area contributed by atoms with Gasteiger partial charge in [-0.1, -0.05) is 13.3 Å². The number of rotatable bonds is 6. The summed E-state index contributed by atoms with van der Waals surface area (Å²) < 4.78 is 0. The fourth-order valence-corrected chi connectivity index (χ4v) is 2.50. The molecule has 2 unspecified atom stereocenters. The first-order valence-electron chi connectivity index (χ1n) is 7.22. The van der Waals surface area contributed by atoms with Crippen LogP contribution in [0, 0.1) is 11.8 Å². The summed E-state index contributed by atoms with van der Waals surface area (Å²) in [6.07, 6.45) is 3.42. The predicted molar refractivity (Wildman–Crippen MR) is 73.5 cm³/mol. The number of aliphatic hydroxyl groups is 1. The molecule has 0 aromatic heterocycles. The van der Waals surface area contributed by atoms with Gasteiger partial charge in [-0.2, -0.15) is 0 Å². The van der Waals surface area contributed by atoms with Gasteiger partial charge in [0.1, 0.15) is 0 Å². The molecule has 2 amide bonds. The fraction of sp³-hybridized carbons (Fsp3) is 0.857. The number of hydrogen-bond acceptors (Lipinski definition) is 3. The Morgan fingerprint density at radius 2 is 2.21 bits per heavy atom. The third kappa shape index (κ3) is 5.19. The first-order chi connectivity index (χ1) is 9.08. The Hall–Kier alpha value is -1.10. The molecule has 0 aromatic rings. The third-order valence-corrected chi connectivity index (χ3v) is 3.92. The van der Waals surface area contributed by atoms with E-state index in [1.165, 1.54) is 0 Å². The second-order valence-electron chi connectivity index (χ2n) is 5.34. The molecule has 2 atom stereocenters. The van der Waals surface area contributed by atoms with E-state index >= 15 is 0 Å². The standard InChI is InChI=1S/C14H26N2O3/c1-3-12(6-8-17)9-15-14(19)13-5-4-7-16(10-13)11(2)18/h12-13,17H,3-10H2,1-2H3,(H,15,19). The van der Waals surface area contributed by atoms with E-state index in [0.29, 0.717) is 19.0 Å². The third-order valence-electron chi connectivity index (χ3n) is 3.92. The minimum atomic E-state index is -0.0794. The summed E-state index contributed by atoms with van der Waals surface area (Å²) in [5, 5.41) is 11.9. The van der Waals surface area contributed by atoms with Gasteiger partial charge in [0.2, 0.25) is 11.8 Å². The molecule has 0 saturated carbocycles. The van der Waals surface area contributed by atoms with Crippen LogP contribution in [0.1, 0.15) is 39.5 Å². The Kier molecular flexibility index (Phi) is 6.84. The molecule has 110 valence electrons. The lowest BCUT2D eigenvalue weighted by atomic mass is 9.96. The highest BCUT2D eigenvalue weighted by Gasteiger charge is 2.27. The molecule has 1 saturated heterocycles. The molecule has 1 heterocycles. The van der Waals surface area contributed by atoms with Crippen LogP contribution in [0.15, 0.2) is 0 Å². The topological polar surface area (TPSA) is 69.6 Å². The van der Waals surface area contributed by atoms with Crippen molar-refractivity contribution < 1.29 is 14.7 Å². The van der Waals surface area contributed by atoms with Crippen molar-refractivity contribution in [2.45, 2.75) is 39.5 Å². The SMILES string of the molecule is CCC(CCO)CNC(=O)C1CCCN(C(C)=O)C1. The van der Waals surface area contributed by atoms with Crippen molar-refractivity contribution in [1.82, 2.24) is 10.2 Å². The molecule has 1 rings (SSSR count). The Balaban J connectivity index is 2.38. The van der Waals surface area contributed by atoms with Gasteiger partial charge >= 0.3 is 0 Å². The lowest BCUT2D eigenvalue weighted by Crippen LogP contribution is -2.45. The molecule has 1 fully saturated rings. The molecule has 0 spiro atoms. The molecule has 0 bridgehead atoms. The Morgan fingerprint density at radius 1 is 1.47 bits per heavy atom. The van der Waals surface area contributed by atoms with Crippen molar-refractivity contribution >= 4 is 11.8 Å². The number of carbonyl (C=O) groups is 2. The van der Waals surface area contributed by atoms with Crippen molar-refractivity contribution in [1.29, 1.82) is 0 Å². The number of hydrogen-bond donors (Lipinski definition) is 2. The van der Waals surface area contributed by atoms with Gasteiger partial charge < -0.3 is 15.3 Å². The number of nitrogens with zero attached hydrogens (tertiary/aromatic N) is 1. The van der Waals surface area contributed by atoms with Crippen LogP contribution >= 0.6 is 0 Å². The molecule has 1 aliphatic rings. The second-order valence-corrected chi connectivity index (χ2v) is 5.34. The number of likely N-dealkylation sites (tertiary alicyclic amines) is 1. The maximum atomic E-state index is 12.1. The molecular formula is C14H26N2O3. The largest absolute Gasteiger partial charge is 0.396 e. The van der Waals surface area contributed by atoms with Gasteiger partial charge in [0.05, 0.1) is 5.92 Å². The summed E-state index contributed by atoms with van der Waals surface area (Å²) in [5.74, 6) is 0.345. The van der Waals surface area contributed by atoms with Gasteiger partial charge in [0.15, 0.2) is 0 Å². The zero-order valence-electron chi connectivity index (χ0n) is 12.0. The van der Waals surface area contributed by atoms with E-state index < -0.39 is 0 Å². The fourth-order valence-electron chi connectivity index (χ4n) is 2.50. The summed E-state index contributed by atoms with van der Waals surface area (Å²) in [6.45, 7) is 5.70. The molecule has 19 heavy (non-hydrogen) atoms. The Labute approximate surface area is 115 Å². The van der Waals surface area contributed by atoms with Crippen LogP contribution in [0.3, 0.4) is 0 Å². The van der Waals surface area contributed by atoms with Gasteiger partial charge in [-0.05, 0) is 25.2 Å². The molecule has 5 nitrogen and oxygen atoms in total. The molecular weight excluding hydrogens is 244 g/mol. The van der Waals surface area contributed by atoms with Gasteiger partial charge in [-0.3, -0.25) is 9.59 Å². The van der Waals surface area contributed by atoms with Gasteiger partial charge in [0, 0.05) is 33.2 Å². The molecule has 0 aromatic carbocycles. The molecule has 2 N–H and O–H groups in total. The average Bonchev–Trinajstić information content (AvgIpc) is 2.43. The second kappa shape index (κ2) is 8.15. The lowest BCUT2D eigenvalue weighted by Gasteiger charge is -2.31. The Bertz CT molecular complexity index is 307. The van der Waals surface area contributed by atoms with Crippen molar-refractivity contribution in [3.63, 3.8) is 0 Å². The van der Waals surface area contributed by atoms with Crippen molar-refractivity contribution in [3.05, 3.63) is 0 Å². The minimum absolute atomic E-state index is 0.0438. The minimum Gasteiger partial charge on any atom is -0.396 e. The number of aliphatic hydroxyl groups excluding tert-OH is 1. The van der Waals surface area contributed by atoms with Gasteiger partial charge in [0.25, 0.3) is 0 Å². The number of carbonyl (C=O) groups excluding carboxylic acids is 2. The molecule has 0 aliphatic carbocycles. The smallest absolute Gasteiger partial charge is 0.224 e. The van der Waals surface area contributed by atoms with Crippen LogP contribution in [0.2, 0.25) is 0 Å². The van der Waals surface area contributed by atoms with E-state index in [2.05, 4.69) is 12.2 Å². The average molecular weight is 270 g/mol. The van der Waals surface area contributed by atoms with Crippen molar-refractivity contribution in [3.8, 4) is 0 Å². The summed E-state index contributed by atoms with van der Waals surface area (Å²) in [5.41, 5.74) is 0. The Morgan fingerprint density at radius 3 is 2.79 bits per heavy atom. The van der Waals surface area contributed by atoms with E-state index in [0.717, 1.165) is 32.2 Å². The number of amides is 2. The zero-order chi connectivity index (χ0) is 14.3. The zero-order valence-corrected chi connectivity index (χ0v) is 12.0. The van der Waals surface area contributed by atoms with Crippen LogP contribution in [0.25, 0.3) is 0 Å². The highest BCUT2D eigenvalue weighted by molar-refractivity contribution is 5.80. The quantitative estimate of drug-likeness (QED) is 0.749. The molecule has 0 radical (unpaired) electrons. The van der Waals surface area contributed by atoms with E-state index in [4.69, 9.17) is 5.11 Å². The van der Waals surface area contributed by atoms with Crippen molar-refractivity contribution in [2.75, 3.05) is 26.2 Å². The van der Waals surface area contributed by atoms with Crippen LogP contribution in [-0.2, 0) is 9.59 Å². The normalized spacial score (nSPS) is 21.0. The van der Waals surface area contributed by atoms with E-state index in [1.54, 1.807) is 11.8 Å². The number of nitrogens with one attached hydrogen (secondary N) is 1. The first kappa shape index (κ1) is 16.0. The summed E-state index contributed by atoms with van der Waals surface area (Å²) >= 11 is 0. The number of piperidine rings is 1. The van der Waals surface area contributed by atoms with Gasteiger partial charge in [-0.15, -0.1) is 0 Å². The lowest BCUT2D eigenvalue weighted by molar-refractivity contribution is -0.134. The van der Waals surface area contributed by atoms with E-state index in [9.17, 15) is 9.59 Å². The van der Waals surface area contributed by atoms with Crippen LogP contribution < -0.4 is 5.32 Å². The highest BCUT2D eigenvalue weighted by atomic mass is 16.3. The summed E-state index contributed by atoms with van der Waals surface area (Å²) in [7, 11) is 0. The van der Waals surface area contributed by atoms with Crippen LogP contribution in [-0.4, -0.2) is 48.1 Å².